The molecule has 0 saturated carbocycles. The maximum Gasteiger partial charge on any atom is 0.402 e. The van der Waals surface area contributed by atoms with E-state index >= 15 is 0 Å². The third-order valence-electron chi connectivity index (χ3n) is 0.596. The van der Waals surface area contributed by atoms with Crippen molar-refractivity contribution in [3.05, 3.63) is 0 Å². The molecular formula is C4H9F3N2. The predicted molar refractivity (Wildman–Crippen MR) is 27.7 cm³/mol. The number of alkyl halides is 3. The summed E-state index contributed by atoms with van der Waals surface area (Å²) in [5, 5.41) is 1.26. The Hall–Kier alpha value is -0.290. The summed E-state index contributed by atoms with van der Waals surface area (Å²) in [7, 11) is 3.01. The second-order valence-corrected chi connectivity index (χ2v) is 1.84. The van der Waals surface area contributed by atoms with Crippen LogP contribution in [-0.2, 0) is 0 Å². The van der Waals surface area contributed by atoms with Crippen molar-refractivity contribution < 1.29 is 13.2 Å². The van der Waals surface area contributed by atoms with E-state index in [4.69, 9.17) is 0 Å². The van der Waals surface area contributed by atoms with Crippen LogP contribution in [0, 0.1) is 0 Å². The van der Waals surface area contributed by atoms with E-state index in [-0.39, 0.29) is 0 Å². The van der Waals surface area contributed by atoms with Gasteiger partial charge in [0, 0.05) is 14.1 Å². The lowest BCUT2D eigenvalue weighted by atomic mass is 10.7. The first-order valence-corrected chi connectivity index (χ1v) is 2.39. The zero-order chi connectivity index (χ0) is 7.49. The average Bonchev–Trinajstić information content (AvgIpc) is 1.59. The Morgan fingerprint density at radius 2 is 1.78 bits per heavy atom. The average molecular weight is 142 g/mol. The molecule has 9 heavy (non-hydrogen) atoms. The molecule has 2 nitrogen and oxygen atoms in total. The van der Waals surface area contributed by atoms with Gasteiger partial charge in [0.25, 0.3) is 0 Å². The van der Waals surface area contributed by atoms with Crippen LogP contribution in [0.1, 0.15) is 0 Å². The van der Waals surface area contributed by atoms with Gasteiger partial charge in [-0.2, -0.15) is 13.2 Å². The highest BCUT2D eigenvalue weighted by atomic mass is 19.4. The Balaban J connectivity index is 3.28. The van der Waals surface area contributed by atoms with Crippen molar-refractivity contribution in [2.24, 2.45) is 0 Å². The number of rotatable bonds is 2. The smallest absolute Gasteiger partial charge is 0.250 e. The topological polar surface area (TPSA) is 15.3 Å². The van der Waals surface area contributed by atoms with E-state index in [9.17, 15) is 13.2 Å². The maximum atomic E-state index is 11.3. The molecule has 0 radical (unpaired) electrons. The second kappa shape index (κ2) is 3.03. The summed E-state index contributed by atoms with van der Waals surface area (Å²) < 4.78 is 34.0. The van der Waals surface area contributed by atoms with Gasteiger partial charge in [0.05, 0.1) is 0 Å². The summed E-state index contributed by atoms with van der Waals surface area (Å²) in [5.74, 6) is 0. The Labute approximate surface area is 51.6 Å². The van der Waals surface area contributed by atoms with Crippen molar-refractivity contribution in [1.29, 1.82) is 0 Å². The minimum Gasteiger partial charge on any atom is -0.250 e. The molecule has 0 spiro atoms. The molecule has 0 aliphatic heterocycles. The molecular weight excluding hydrogens is 133 g/mol. The summed E-state index contributed by atoms with van der Waals surface area (Å²) in [6.45, 7) is -0.972. The number of nitrogens with zero attached hydrogens (tertiary/aromatic N) is 1. The summed E-state index contributed by atoms with van der Waals surface area (Å²) in [4.78, 5) is 0. The molecule has 0 aromatic rings. The fourth-order valence-electron chi connectivity index (χ4n) is 0.248. The highest BCUT2D eigenvalue weighted by Crippen LogP contribution is 2.11. The highest BCUT2D eigenvalue weighted by Gasteiger charge is 2.26. The van der Waals surface area contributed by atoms with Crippen LogP contribution in [0.15, 0.2) is 0 Å². The van der Waals surface area contributed by atoms with E-state index in [1.54, 1.807) is 0 Å². The fraction of sp³-hybridized carbons (Fsp3) is 1.00. The number of nitrogens with one attached hydrogen (secondary N) is 1. The van der Waals surface area contributed by atoms with Gasteiger partial charge in [0.2, 0.25) is 0 Å². The summed E-state index contributed by atoms with van der Waals surface area (Å²) in [6.07, 6.45) is -4.12. The highest BCUT2D eigenvalue weighted by molar-refractivity contribution is 4.50. The third kappa shape index (κ3) is 7.71. The van der Waals surface area contributed by atoms with Gasteiger partial charge in [-0.3, -0.25) is 5.01 Å². The molecule has 0 aromatic heterocycles. The SMILES string of the molecule is CN(C)NCC(F)(F)F. The minimum atomic E-state index is -4.12. The zero-order valence-electron chi connectivity index (χ0n) is 5.29. The molecule has 0 fully saturated rings. The second-order valence-electron chi connectivity index (χ2n) is 1.84. The normalized spacial score (nSPS) is 12.7. The van der Waals surface area contributed by atoms with Gasteiger partial charge in [0.1, 0.15) is 6.54 Å². The molecule has 0 aliphatic carbocycles. The fourth-order valence-corrected chi connectivity index (χ4v) is 0.248. The molecule has 5 heteroatoms. The van der Waals surface area contributed by atoms with E-state index in [2.05, 4.69) is 5.43 Å². The molecule has 0 bridgehead atoms. The van der Waals surface area contributed by atoms with Gasteiger partial charge in [-0.05, 0) is 0 Å². The lowest BCUT2D eigenvalue weighted by Gasteiger charge is -2.13. The van der Waals surface area contributed by atoms with E-state index in [0.717, 1.165) is 0 Å². The van der Waals surface area contributed by atoms with Crippen molar-refractivity contribution in [3.8, 4) is 0 Å². The first-order chi connectivity index (χ1) is 3.92. The van der Waals surface area contributed by atoms with Crippen LogP contribution in [0.3, 0.4) is 0 Å². The summed E-state index contributed by atoms with van der Waals surface area (Å²) in [5.41, 5.74) is 2.09. The van der Waals surface area contributed by atoms with Crippen molar-refractivity contribution in [1.82, 2.24) is 10.4 Å². The van der Waals surface area contributed by atoms with Crippen LogP contribution in [0.5, 0.6) is 0 Å². The first-order valence-electron chi connectivity index (χ1n) is 2.39. The molecule has 0 atom stereocenters. The first kappa shape index (κ1) is 8.71. The van der Waals surface area contributed by atoms with Gasteiger partial charge >= 0.3 is 6.18 Å². The third-order valence-corrected chi connectivity index (χ3v) is 0.596. The van der Waals surface area contributed by atoms with Crippen LogP contribution in [-0.4, -0.2) is 31.8 Å². The van der Waals surface area contributed by atoms with Crippen molar-refractivity contribution in [2.45, 2.75) is 6.18 Å². The largest absolute Gasteiger partial charge is 0.402 e. The van der Waals surface area contributed by atoms with E-state index in [0.29, 0.717) is 0 Å². The molecule has 0 rings (SSSR count). The summed E-state index contributed by atoms with van der Waals surface area (Å²) >= 11 is 0. The Morgan fingerprint density at radius 1 is 1.33 bits per heavy atom. The minimum absolute atomic E-state index is 0.972. The van der Waals surface area contributed by atoms with Crippen LogP contribution in [0.4, 0.5) is 13.2 Å². The Morgan fingerprint density at radius 3 is 1.89 bits per heavy atom. The maximum absolute atomic E-state index is 11.3. The number of hydrogen-bond donors (Lipinski definition) is 1. The molecule has 0 unspecified atom stereocenters. The van der Waals surface area contributed by atoms with Gasteiger partial charge in [-0.1, -0.05) is 0 Å². The number of hydrazine groups is 1. The van der Waals surface area contributed by atoms with E-state index in [1.807, 2.05) is 0 Å². The van der Waals surface area contributed by atoms with Crippen LogP contribution in [0.25, 0.3) is 0 Å². The van der Waals surface area contributed by atoms with Crippen molar-refractivity contribution in [3.63, 3.8) is 0 Å². The van der Waals surface area contributed by atoms with Crippen molar-refractivity contribution in [2.75, 3.05) is 20.6 Å². The molecule has 1 N–H and O–H groups in total. The molecule has 0 aromatic carbocycles. The standard InChI is InChI=1S/C4H9F3N2/c1-9(2)8-3-4(5,6)7/h8H,3H2,1-2H3. The van der Waals surface area contributed by atoms with Gasteiger partial charge in [-0.15, -0.1) is 0 Å². The van der Waals surface area contributed by atoms with E-state index in [1.165, 1.54) is 19.1 Å². The summed E-state index contributed by atoms with van der Waals surface area (Å²) in [6, 6.07) is 0. The monoisotopic (exact) mass is 142 g/mol. The van der Waals surface area contributed by atoms with Crippen molar-refractivity contribution >= 4 is 0 Å². The molecule has 0 saturated heterocycles. The molecule has 0 amide bonds. The zero-order valence-corrected chi connectivity index (χ0v) is 5.29. The lowest BCUT2D eigenvalue weighted by Crippen LogP contribution is -2.38. The quantitative estimate of drug-likeness (QED) is 0.568. The van der Waals surface area contributed by atoms with Gasteiger partial charge < -0.3 is 0 Å². The van der Waals surface area contributed by atoms with Gasteiger partial charge in [0.15, 0.2) is 0 Å². The molecule has 56 valence electrons. The van der Waals surface area contributed by atoms with Gasteiger partial charge in [-0.25, -0.2) is 5.43 Å². The van der Waals surface area contributed by atoms with Crippen LogP contribution >= 0.6 is 0 Å². The van der Waals surface area contributed by atoms with Crippen LogP contribution < -0.4 is 5.43 Å². The van der Waals surface area contributed by atoms with E-state index < -0.39 is 12.7 Å². The number of hydrogen-bond acceptors (Lipinski definition) is 2. The Kier molecular flexibility index (Phi) is 2.93. The predicted octanol–water partition coefficient (Wildman–Crippen LogP) is 0.615. The molecule has 0 heterocycles. The van der Waals surface area contributed by atoms with Crippen LogP contribution in [0.2, 0.25) is 0 Å². The lowest BCUT2D eigenvalue weighted by molar-refractivity contribution is -0.132. The Bertz CT molecular complexity index is 78.4. The number of halogens is 3. The molecule has 0 aliphatic rings.